The molecule has 0 radical (unpaired) electrons. The Bertz CT molecular complexity index is 146. The molecule has 0 aromatic heterocycles. The van der Waals surface area contributed by atoms with E-state index in [4.69, 9.17) is 0 Å². The Balaban J connectivity index is 2.25. The van der Waals surface area contributed by atoms with E-state index >= 15 is 0 Å². The van der Waals surface area contributed by atoms with E-state index in [1.165, 1.54) is 30.8 Å². The smallest absolute Gasteiger partial charge is 0.00942 e. The number of halogens is 1. The molecule has 0 fully saturated rings. The van der Waals surface area contributed by atoms with E-state index in [2.05, 4.69) is 46.8 Å². The lowest BCUT2D eigenvalue weighted by Crippen LogP contribution is -2.19. The Hall–Kier alpha value is 0.570. The number of thioether (sulfide) groups is 1. The van der Waals surface area contributed by atoms with Gasteiger partial charge in [-0.15, -0.1) is 0 Å². The second-order valence-corrected chi connectivity index (χ2v) is 5.41. The minimum atomic E-state index is 0.572. The SMILES string of the molecule is CCSCCC1(CBr)CC=CC1. The Morgan fingerprint density at radius 2 is 2.08 bits per heavy atom. The molecule has 0 amide bonds. The van der Waals surface area contributed by atoms with Crippen LogP contribution in [0.2, 0.25) is 0 Å². The Morgan fingerprint density at radius 1 is 1.42 bits per heavy atom. The van der Waals surface area contributed by atoms with Crippen molar-refractivity contribution in [3.63, 3.8) is 0 Å². The normalized spacial score (nSPS) is 20.2. The van der Waals surface area contributed by atoms with Gasteiger partial charge in [-0.2, -0.15) is 11.8 Å². The first-order valence-electron chi connectivity index (χ1n) is 4.62. The summed E-state index contributed by atoms with van der Waals surface area (Å²) < 4.78 is 0. The summed E-state index contributed by atoms with van der Waals surface area (Å²) in [5.41, 5.74) is 0.572. The van der Waals surface area contributed by atoms with Crippen molar-refractivity contribution in [3.8, 4) is 0 Å². The largest absolute Gasteiger partial charge is 0.162 e. The second kappa shape index (κ2) is 5.33. The summed E-state index contributed by atoms with van der Waals surface area (Å²) in [4.78, 5) is 0. The van der Waals surface area contributed by atoms with Crippen molar-refractivity contribution in [1.82, 2.24) is 0 Å². The number of hydrogen-bond donors (Lipinski definition) is 0. The zero-order valence-corrected chi connectivity index (χ0v) is 10.1. The number of alkyl halides is 1. The second-order valence-electron chi connectivity index (χ2n) is 3.46. The Morgan fingerprint density at radius 3 is 2.58 bits per heavy atom. The molecule has 0 aromatic rings. The maximum absolute atomic E-state index is 3.64. The van der Waals surface area contributed by atoms with Crippen LogP contribution >= 0.6 is 27.7 Å². The van der Waals surface area contributed by atoms with Gasteiger partial charge >= 0.3 is 0 Å². The highest BCUT2D eigenvalue weighted by Gasteiger charge is 2.28. The molecule has 70 valence electrons. The van der Waals surface area contributed by atoms with E-state index in [0.29, 0.717) is 5.41 Å². The van der Waals surface area contributed by atoms with Crippen LogP contribution in [0.25, 0.3) is 0 Å². The van der Waals surface area contributed by atoms with Crippen molar-refractivity contribution < 1.29 is 0 Å². The third kappa shape index (κ3) is 2.81. The standard InChI is InChI=1S/C10H17BrS/c1-2-12-8-7-10(9-11)5-3-4-6-10/h3-4H,2,5-9H2,1H3. The van der Waals surface area contributed by atoms with Crippen LogP contribution in [-0.4, -0.2) is 16.8 Å². The van der Waals surface area contributed by atoms with Crippen LogP contribution in [0.4, 0.5) is 0 Å². The zero-order valence-electron chi connectivity index (χ0n) is 7.68. The Kier molecular flexibility index (Phi) is 4.73. The molecule has 0 aliphatic heterocycles. The number of hydrogen-bond acceptors (Lipinski definition) is 1. The van der Waals surface area contributed by atoms with Gasteiger partial charge in [-0.05, 0) is 36.2 Å². The molecule has 0 unspecified atom stereocenters. The van der Waals surface area contributed by atoms with Gasteiger partial charge < -0.3 is 0 Å². The first-order chi connectivity index (χ1) is 5.83. The summed E-state index contributed by atoms with van der Waals surface area (Å²) in [6, 6.07) is 0. The van der Waals surface area contributed by atoms with E-state index in [9.17, 15) is 0 Å². The van der Waals surface area contributed by atoms with Gasteiger partial charge in [0.15, 0.2) is 0 Å². The minimum absolute atomic E-state index is 0.572. The van der Waals surface area contributed by atoms with Crippen LogP contribution in [0.1, 0.15) is 26.2 Å². The van der Waals surface area contributed by atoms with Crippen molar-refractivity contribution >= 4 is 27.7 Å². The first-order valence-corrected chi connectivity index (χ1v) is 6.89. The third-order valence-electron chi connectivity index (χ3n) is 2.53. The fourth-order valence-corrected chi connectivity index (χ4v) is 3.17. The molecule has 0 atom stereocenters. The molecule has 0 nitrogen and oxygen atoms in total. The monoisotopic (exact) mass is 248 g/mol. The fraction of sp³-hybridized carbons (Fsp3) is 0.800. The van der Waals surface area contributed by atoms with Gasteiger partial charge in [0.2, 0.25) is 0 Å². The van der Waals surface area contributed by atoms with Gasteiger partial charge in [-0.1, -0.05) is 35.0 Å². The highest BCUT2D eigenvalue weighted by molar-refractivity contribution is 9.09. The van der Waals surface area contributed by atoms with Crippen LogP contribution in [0, 0.1) is 5.41 Å². The molecule has 1 aliphatic rings. The molecule has 0 heterocycles. The predicted octanol–water partition coefficient (Wildman–Crippen LogP) is 3.86. The van der Waals surface area contributed by atoms with Crippen LogP contribution < -0.4 is 0 Å². The highest BCUT2D eigenvalue weighted by atomic mass is 79.9. The van der Waals surface area contributed by atoms with Crippen molar-refractivity contribution in [3.05, 3.63) is 12.2 Å². The third-order valence-corrected chi connectivity index (χ3v) is 4.62. The molecular weight excluding hydrogens is 232 g/mol. The Labute approximate surface area is 88.3 Å². The molecule has 1 aliphatic carbocycles. The summed E-state index contributed by atoms with van der Waals surface area (Å²) in [5, 5.41) is 1.16. The lowest BCUT2D eigenvalue weighted by molar-refractivity contribution is 0.354. The summed E-state index contributed by atoms with van der Waals surface area (Å²) in [5.74, 6) is 2.58. The summed E-state index contributed by atoms with van der Waals surface area (Å²) >= 11 is 5.70. The van der Waals surface area contributed by atoms with E-state index in [0.717, 1.165) is 5.33 Å². The number of rotatable bonds is 5. The van der Waals surface area contributed by atoms with E-state index in [1.54, 1.807) is 0 Å². The molecule has 1 rings (SSSR count). The summed E-state index contributed by atoms with van der Waals surface area (Å²) in [6.07, 6.45) is 8.59. The van der Waals surface area contributed by atoms with Crippen LogP contribution in [0.3, 0.4) is 0 Å². The van der Waals surface area contributed by atoms with E-state index in [-0.39, 0.29) is 0 Å². The van der Waals surface area contributed by atoms with E-state index in [1.807, 2.05) is 0 Å². The van der Waals surface area contributed by atoms with Crippen molar-refractivity contribution in [1.29, 1.82) is 0 Å². The van der Waals surface area contributed by atoms with Crippen LogP contribution in [0.5, 0.6) is 0 Å². The average molecular weight is 249 g/mol. The first kappa shape index (κ1) is 10.6. The van der Waals surface area contributed by atoms with Crippen molar-refractivity contribution in [2.24, 2.45) is 5.41 Å². The molecule has 2 heteroatoms. The maximum atomic E-state index is 3.64. The van der Waals surface area contributed by atoms with Gasteiger partial charge in [0.25, 0.3) is 0 Å². The fourth-order valence-electron chi connectivity index (χ4n) is 1.56. The van der Waals surface area contributed by atoms with Crippen LogP contribution in [-0.2, 0) is 0 Å². The van der Waals surface area contributed by atoms with Gasteiger partial charge in [-0.3, -0.25) is 0 Å². The predicted molar refractivity (Wildman–Crippen MR) is 62.2 cm³/mol. The minimum Gasteiger partial charge on any atom is -0.162 e. The topological polar surface area (TPSA) is 0 Å². The quantitative estimate of drug-likeness (QED) is 0.405. The summed E-state index contributed by atoms with van der Waals surface area (Å²) in [6.45, 7) is 2.23. The number of allylic oxidation sites excluding steroid dienone is 2. The highest BCUT2D eigenvalue weighted by Crippen LogP contribution is 2.39. The maximum Gasteiger partial charge on any atom is 0.00942 e. The van der Waals surface area contributed by atoms with Crippen molar-refractivity contribution in [2.75, 3.05) is 16.8 Å². The molecule has 12 heavy (non-hydrogen) atoms. The van der Waals surface area contributed by atoms with Gasteiger partial charge in [0.1, 0.15) is 0 Å². The van der Waals surface area contributed by atoms with Gasteiger partial charge in [-0.25, -0.2) is 0 Å². The summed E-state index contributed by atoms with van der Waals surface area (Å²) in [7, 11) is 0. The molecule has 0 saturated carbocycles. The van der Waals surface area contributed by atoms with Gasteiger partial charge in [0.05, 0.1) is 0 Å². The lowest BCUT2D eigenvalue weighted by atomic mass is 9.85. The molecule has 0 N–H and O–H groups in total. The van der Waals surface area contributed by atoms with E-state index < -0.39 is 0 Å². The zero-order chi connectivity index (χ0) is 8.86. The molecule has 0 aromatic carbocycles. The van der Waals surface area contributed by atoms with Gasteiger partial charge in [0, 0.05) is 5.33 Å². The molecular formula is C10H17BrS. The molecule has 0 saturated heterocycles. The molecule has 0 spiro atoms. The van der Waals surface area contributed by atoms with Crippen LogP contribution in [0.15, 0.2) is 12.2 Å². The lowest BCUT2D eigenvalue weighted by Gasteiger charge is -2.26. The van der Waals surface area contributed by atoms with Crippen molar-refractivity contribution in [2.45, 2.75) is 26.2 Å². The molecule has 0 bridgehead atoms. The average Bonchev–Trinajstić information content (AvgIpc) is 2.55.